The molecule has 2 rings (SSSR count). The third-order valence-electron chi connectivity index (χ3n) is 3.18. The van der Waals surface area contributed by atoms with E-state index in [9.17, 15) is 0 Å². The lowest BCUT2D eigenvalue weighted by Gasteiger charge is -2.21. The van der Waals surface area contributed by atoms with Crippen LogP contribution in [0.5, 0.6) is 0 Å². The van der Waals surface area contributed by atoms with Gasteiger partial charge in [-0.3, -0.25) is 0 Å². The van der Waals surface area contributed by atoms with Gasteiger partial charge < -0.3 is 5.32 Å². The largest absolute Gasteiger partial charge is 0.307 e. The van der Waals surface area contributed by atoms with Crippen LogP contribution in [0.4, 0.5) is 0 Å². The van der Waals surface area contributed by atoms with E-state index in [4.69, 9.17) is 11.6 Å². The lowest BCUT2D eigenvalue weighted by atomic mass is 9.95. The van der Waals surface area contributed by atoms with E-state index in [0.717, 1.165) is 16.0 Å². The zero-order valence-electron chi connectivity index (χ0n) is 11.1. The number of rotatable bonds is 4. The van der Waals surface area contributed by atoms with E-state index >= 15 is 0 Å². The molecular weight excluding hydrogens is 322 g/mol. The van der Waals surface area contributed by atoms with Gasteiger partial charge in [0.15, 0.2) is 0 Å². The Bertz CT molecular complexity index is 568. The highest BCUT2D eigenvalue weighted by Crippen LogP contribution is 2.30. The van der Waals surface area contributed by atoms with E-state index in [1.165, 1.54) is 16.7 Å². The minimum atomic E-state index is 0.178. The molecule has 0 aliphatic heterocycles. The molecule has 0 aliphatic rings. The first-order chi connectivity index (χ1) is 9.13. The first-order valence-corrected chi connectivity index (χ1v) is 7.54. The lowest BCUT2D eigenvalue weighted by Crippen LogP contribution is -2.22. The van der Waals surface area contributed by atoms with Crippen LogP contribution in [0.2, 0.25) is 5.02 Å². The molecule has 0 aromatic heterocycles. The second-order valence-corrected chi connectivity index (χ2v) is 5.78. The van der Waals surface area contributed by atoms with Gasteiger partial charge in [-0.25, -0.2) is 0 Å². The molecule has 0 fully saturated rings. The second kappa shape index (κ2) is 6.56. The second-order valence-electron chi connectivity index (χ2n) is 4.52. The number of aryl methyl sites for hydroxylation is 1. The van der Waals surface area contributed by atoms with Gasteiger partial charge in [-0.1, -0.05) is 48.9 Å². The molecule has 1 nitrogen and oxygen atoms in total. The Kier molecular flexibility index (Phi) is 5.03. The summed E-state index contributed by atoms with van der Waals surface area (Å²) in [5.41, 5.74) is 3.76. The summed E-state index contributed by atoms with van der Waals surface area (Å²) in [5.74, 6) is 0. The molecule has 0 spiro atoms. The number of benzene rings is 2. The predicted molar refractivity (Wildman–Crippen MR) is 85.9 cm³/mol. The molecule has 2 aromatic carbocycles. The molecule has 0 heterocycles. The smallest absolute Gasteiger partial charge is 0.0579 e. The lowest BCUT2D eigenvalue weighted by molar-refractivity contribution is 0.628. The van der Waals surface area contributed by atoms with Gasteiger partial charge in [0.25, 0.3) is 0 Å². The molecule has 0 amide bonds. The Labute approximate surface area is 128 Å². The van der Waals surface area contributed by atoms with Gasteiger partial charge in [0.1, 0.15) is 0 Å². The number of hydrogen-bond donors (Lipinski definition) is 1. The standard InChI is InChI=1S/C16H17BrClN/c1-3-19-16(13-7-5-4-6-11(13)2)12-8-9-14(17)15(18)10-12/h4-10,16,19H,3H2,1-2H3. The van der Waals surface area contributed by atoms with Crippen molar-refractivity contribution in [1.29, 1.82) is 0 Å². The maximum absolute atomic E-state index is 6.21. The van der Waals surface area contributed by atoms with Crippen molar-refractivity contribution in [3.05, 3.63) is 68.7 Å². The fraction of sp³-hybridized carbons (Fsp3) is 0.250. The first kappa shape index (κ1) is 14.6. The highest BCUT2D eigenvalue weighted by molar-refractivity contribution is 9.10. The fourth-order valence-corrected chi connectivity index (χ4v) is 2.65. The van der Waals surface area contributed by atoms with Crippen molar-refractivity contribution in [3.63, 3.8) is 0 Å². The third kappa shape index (κ3) is 3.38. The Morgan fingerprint density at radius 2 is 1.95 bits per heavy atom. The summed E-state index contributed by atoms with van der Waals surface area (Å²) >= 11 is 9.65. The summed E-state index contributed by atoms with van der Waals surface area (Å²) in [5, 5.41) is 4.27. The van der Waals surface area contributed by atoms with Gasteiger partial charge in [-0.2, -0.15) is 0 Å². The number of hydrogen-bond acceptors (Lipinski definition) is 1. The van der Waals surface area contributed by atoms with Crippen LogP contribution in [-0.2, 0) is 0 Å². The zero-order chi connectivity index (χ0) is 13.8. The van der Waals surface area contributed by atoms with Crippen molar-refractivity contribution in [2.45, 2.75) is 19.9 Å². The highest BCUT2D eigenvalue weighted by atomic mass is 79.9. The quantitative estimate of drug-likeness (QED) is 0.817. The van der Waals surface area contributed by atoms with Gasteiger partial charge in [0, 0.05) is 4.47 Å². The van der Waals surface area contributed by atoms with Crippen molar-refractivity contribution >= 4 is 27.5 Å². The van der Waals surface area contributed by atoms with Crippen molar-refractivity contribution in [2.24, 2.45) is 0 Å². The molecule has 19 heavy (non-hydrogen) atoms. The predicted octanol–water partition coefficient (Wildman–Crippen LogP) is 5.11. The molecule has 0 saturated heterocycles. The average Bonchev–Trinajstić information content (AvgIpc) is 2.40. The molecule has 100 valence electrons. The maximum atomic E-state index is 6.21. The molecule has 0 aliphatic carbocycles. The molecule has 2 aromatic rings. The van der Waals surface area contributed by atoms with Crippen molar-refractivity contribution in [3.8, 4) is 0 Å². The molecular formula is C16H17BrClN. The van der Waals surface area contributed by atoms with Crippen LogP contribution in [-0.4, -0.2) is 6.54 Å². The first-order valence-electron chi connectivity index (χ1n) is 6.37. The number of halogens is 2. The minimum absolute atomic E-state index is 0.178. The molecule has 1 N–H and O–H groups in total. The monoisotopic (exact) mass is 337 g/mol. The van der Waals surface area contributed by atoms with E-state index in [-0.39, 0.29) is 6.04 Å². The Balaban J connectivity index is 2.45. The van der Waals surface area contributed by atoms with Crippen LogP contribution in [0.1, 0.15) is 29.7 Å². The zero-order valence-corrected chi connectivity index (χ0v) is 13.4. The molecule has 1 unspecified atom stereocenters. The van der Waals surface area contributed by atoms with Gasteiger partial charge >= 0.3 is 0 Å². The van der Waals surface area contributed by atoms with Crippen molar-refractivity contribution in [2.75, 3.05) is 6.54 Å². The van der Waals surface area contributed by atoms with Crippen LogP contribution in [0.15, 0.2) is 46.9 Å². The maximum Gasteiger partial charge on any atom is 0.0579 e. The Morgan fingerprint density at radius 3 is 2.58 bits per heavy atom. The van der Waals surface area contributed by atoms with Gasteiger partial charge in [0.2, 0.25) is 0 Å². The van der Waals surface area contributed by atoms with E-state index in [2.05, 4.69) is 65.4 Å². The van der Waals surface area contributed by atoms with Crippen LogP contribution >= 0.6 is 27.5 Å². The number of nitrogens with one attached hydrogen (secondary N) is 1. The van der Waals surface area contributed by atoms with Crippen molar-refractivity contribution < 1.29 is 0 Å². The topological polar surface area (TPSA) is 12.0 Å². The summed E-state index contributed by atoms with van der Waals surface area (Å²) in [6.07, 6.45) is 0. The summed E-state index contributed by atoms with van der Waals surface area (Å²) < 4.78 is 0.929. The van der Waals surface area contributed by atoms with Crippen molar-refractivity contribution in [1.82, 2.24) is 5.32 Å². The van der Waals surface area contributed by atoms with Crippen LogP contribution in [0, 0.1) is 6.92 Å². The van der Waals surface area contributed by atoms with Gasteiger partial charge in [-0.15, -0.1) is 0 Å². The molecule has 0 bridgehead atoms. The third-order valence-corrected chi connectivity index (χ3v) is 4.42. The molecule has 0 radical (unpaired) electrons. The minimum Gasteiger partial charge on any atom is -0.307 e. The Hall–Kier alpha value is -0.830. The van der Waals surface area contributed by atoms with E-state index in [1.807, 2.05) is 12.1 Å². The average molecular weight is 339 g/mol. The van der Waals surface area contributed by atoms with Gasteiger partial charge in [-0.05, 0) is 58.2 Å². The Morgan fingerprint density at radius 1 is 1.21 bits per heavy atom. The van der Waals surface area contributed by atoms with Crippen LogP contribution < -0.4 is 5.32 Å². The van der Waals surface area contributed by atoms with E-state index < -0.39 is 0 Å². The molecule has 0 saturated carbocycles. The SMILES string of the molecule is CCNC(c1ccc(Br)c(Cl)c1)c1ccccc1C. The fourth-order valence-electron chi connectivity index (χ4n) is 2.21. The molecule has 1 atom stereocenters. The molecule has 3 heteroatoms. The highest BCUT2D eigenvalue weighted by Gasteiger charge is 2.15. The summed E-state index contributed by atoms with van der Waals surface area (Å²) in [7, 11) is 0. The summed E-state index contributed by atoms with van der Waals surface area (Å²) in [4.78, 5) is 0. The van der Waals surface area contributed by atoms with E-state index in [0.29, 0.717) is 0 Å². The summed E-state index contributed by atoms with van der Waals surface area (Å²) in [6.45, 7) is 5.17. The van der Waals surface area contributed by atoms with E-state index in [1.54, 1.807) is 0 Å². The van der Waals surface area contributed by atoms with Crippen LogP contribution in [0.25, 0.3) is 0 Å². The normalized spacial score (nSPS) is 12.4. The summed E-state index contributed by atoms with van der Waals surface area (Å²) in [6, 6.07) is 14.8. The van der Waals surface area contributed by atoms with Crippen LogP contribution in [0.3, 0.4) is 0 Å². The van der Waals surface area contributed by atoms with Gasteiger partial charge in [0.05, 0.1) is 11.1 Å².